The largest absolute Gasteiger partial charge is 0.489 e. The maximum Gasteiger partial charge on any atom is 0.383 e. The highest BCUT2D eigenvalue weighted by atomic mass is 16.5. The molecule has 1 heterocycles. The molecule has 5 heteroatoms. The Kier molecular flexibility index (Phi) is 9.18. The highest BCUT2D eigenvalue weighted by Crippen LogP contribution is 2.37. The number of hydrogen-bond donors (Lipinski definition) is 0. The lowest BCUT2D eigenvalue weighted by Crippen LogP contribution is -2.10. The Morgan fingerprint density at radius 2 is 1.64 bits per heavy atom. The van der Waals surface area contributed by atoms with Gasteiger partial charge in [0.05, 0.1) is 25.2 Å². The van der Waals surface area contributed by atoms with Gasteiger partial charge >= 0.3 is 5.63 Å². The van der Waals surface area contributed by atoms with Gasteiger partial charge in [0.15, 0.2) is 17.1 Å². The zero-order valence-electron chi connectivity index (χ0n) is 17.7. The van der Waals surface area contributed by atoms with E-state index in [1.807, 2.05) is 26.0 Å². The topological polar surface area (TPSA) is 57.9 Å². The van der Waals surface area contributed by atoms with Gasteiger partial charge in [0, 0.05) is 0 Å². The number of unbranched alkanes of at least 4 members (excludes halogenated alkanes) is 7. The molecule has 28 heavy (non-hydrogen) atoms. The van der Waals surface area contributed by atoms with Crippen LogP contribution in [0.15, 0.2) is 27.4 Å². The lowest BCUT2D eigenvalue weighted by atomic mass is 10.1. The molecule has 1 aromatic heterocycles. The van der Waals surface area contributed by atoms with Crippen molar-refractivity contribution in [1.82, 2.24) is 0 Å². The average Bonchev–Trinajstić information content (AvgIpc) is 2.66. The Bertz CT molecular complexity index is 778. The highest BCUT2D eigenvalue weighted by Gasteiger charge is 2.19. The summed E-state index contributed by atoms with van der Waals surface area (Å²) in [6, 6.07) is 5.51. The molecule has 0 saturated carbocycles. The van der Waals surface area contributed by atoms with Crippen molar-refractivity contribution in [3.63, 3.8) is 0 Å². The van der Waals surface area contributed by atoms with Crippen LogP contribution in [0, 0.1) is 0 Å². The van der Waals surface area contributed by atoms with E-state index in [0.29, 0.717) is 29.1 Å². The molecular weight excluding hydrogens is 356 g/mol. The number of hydrogen-bond acceptors (Lipinski definition) is 5. The van der Waals surface area contributed by atoms with Crippen molar-refractivity contribution in [3.05, 3.63) is 28.6 Å². The van der Waals surface area contributed by atoms with E-state index in [2.05, 4.69) is 6.92 Å². The van der Waals surface area contributed by atoms with E-state index in [-0.39, 0.29) is 11.9 Å². The van der Waals surface area contributed by atoms with Gasteiger partial charge in [-0.1, -0.05) is 57.9 Å². The summed E-state index contributed by atoms with van der Waals surface area (Å²) in [7, 11) is 1.45. The fourth-order valence-electron chi connectivity index (χ4n) is 3.23. The van der Waals surface area contributed by atoms with Crippen LogP contribution in [0.4, 0.5) is 0 Å². The van der Waals surface area contributed by atoms with Crippen LogP contribution in [0.25, 0.3) is 11.0 Å². The van der Waals surface area contributed by atoms with E-state index in [0.717, 1.165) is 12.8 Å². The first-order valence-corrected chi connectivity index (χ1v) is 10.5. The summed E-state index contributed by atoms with van der Waals surface area (Å²) in [5.74, 6) is 1.07. The van der Waals surface area contributed by atoms with Crippen molar-refractivity contribution in [2.45, 2.75) is 78.2 Å². The summed E-state index contributed by atoms with van der Waals surface area (Å²) in [5, 5.41) is 0.689. The minimum absolute atomic E-state index is 0.0281. The van der Waals surface area contributed by atoms with Crippen LogP contribution < -0.4 is 19.8 Å². The predicted octanol–water partition coefficient (Wildman–Crippen LogP) is 6.11. The summed E-state index contributed by atoms with van der Waals surface area (Å²) in [6.45, 7) is 6.64. The van der Waals surface area contributed by atoms with Crippen LogP contribution in [0.2, 0.25) is 0 Å². The quantitative estimate of drug-likeness (QED) is 0.305. The van der Waals surface area contributed by atoms with Crippen LogP contribution in [-0.2, 0) is 0 Å². The van der Waals surface area contributed by atoms with Gasteiger partial charge in [0.2, 0.25) is 5.75 Å². The molecule has 0 unspecified atom stereocenters. The van der Waals surface area contributed by atoms with Crippen molar-refractivity contribution < 1.29 is 18.6 Å². The number of ether oxygens (including phenoxy) is 3. The van der Waals surface area contributed by atoms with Gasteiger partial charge in [0.1, 0.15) is 0 Å². The lowest BCUT2D eigenvalue weighted by Gasteiger charge is -2.15. The molecule has 0 saturated heterocycles. The summed E-state index contributed by atoms with van der Waals surface area (Å²) in [5.41, 5.74) is -0.159. The third kappa shape index (κ3) is 6.18. The van der Waals surface area contributed by atoms with E-state index in [9.17, 15) is 4.79 Å². The van der Waals surface area contributed by atoms with Gasteiger partial charge in [-0.25, -0.2) is 4.79 Å². The molecule has 0 atom stereocenters. The molecule has 0 aliphatic carbocycles. The van der Waals surface area contributed by atoms with Crippen LogP contribution in [0.1, 0.15) is 72.1 Å². The van der Waals surface area contributed by atoms with Crippen LogP contribution >= 0.6 is 0 Å². The number of benzene rings is 1. The zero-order valence-corrected chi connectivity index (χ0v) is 17.7. The second-order valence-electron chi connectivity index (χ2n) is 7.37. The second-order valence-corrected chi connectivity index (χ2v) is 7.37. The molecule has 0 bridgehead atoms. The smallest absolute Gasteiger partial charge is 0.383 e. The molecule has 0 fully saturated rings. The standard InChI is InChI=1S/C23H34O5/c1-5-6-7-8-9-10-11-12-16-26-21-18-14-13-15-19(27-17(2)3)20(18)28-23(24)22(21)25-4/h13-15,17H,5-12,16H2,1-4H3. The van der Waals surface area contributed by atoms with E-state index in [1.165, 1.54) is 45.6 Å². The Labute approximate surface area is 168 Å². The van der Waals surface area contributed by atoms with Crippen LogP contribution in [-0.4, -0.2) is 19.8 Å². The van der Waals surface area contributed by atoms with Crippen molar-refractivity contribution in [3.8, 4) is 17.2 Å². The molecule has 1 aromatic carbocycles. The summed E-state index contributed by atoms with van der Waals surface area (Å²) in [6.07, 6.45) is 9.78. The lowest BCUT2D eigenvalue weighted by molar-refractivity contribution is 0.240. The molecule has 0 spiro atoms. The fourth-order valence-corrected chi connectivity index (χ4v) is 3.23. The first kappa shape index (κ1) is 22.1. The third-order valence-corrected chi connectivity index (χ3v) is 4.62. The number of para-hydroxylation sites is 1. The molecular formula is C23H34O5. The normalized spacial score (nSPS) is 11.2. The molecule has 5 nitrogen and oxygen atoms in total. The van der Waals surface area contributed by atoms with Gasteiger partial charge in [0.25, 0.3) is 0 Å². The highest BCUT2D eigenvalue weighted by molar-refractivity contribution is 5.89. The average molecular weight is 391 g/mol. The summed E-state index contributed by atoms with van der Waals surface area (Å²) < 4.78 is 22.5. The van der Waals surface area contributed by atoms with Crippen LogP contribution in [0.5, 0.6) is 17.2 Å². The van der Waals surface area contributed by atoms with Gasteiger partial charge in [-0.2, -0.15) is 0 Å². The monoisotopic (exact) mass is 390 g/mol. The Balaban J connectivity index is 2.05. The number of rotatable bonds is 13. The fraction of sp³-hybridized carbons (Fsp3) is 0.609. The molecule has 2 aromatic rings. The van der Waals surface area contributed by atoms with Gasteiger partial charge < -0.3 is 18.6 Å². The molecule has 0 amide bonds. The second kappa shape index (κ2) is 11.6. The minimum Gasteiger partial charge on any atom is -0.489 e. The van der Waals surface area contributed by atoms with E-state index in [1.54, 1.807) is 6.07 Å². The molecule has 0 N–H and O–H groups in total. The maximum atomic E-state index is 12.4. The SMILES string of the molecule is CCCCCCCCCCOc1c(OC)c(=O)oc2c(OC(C)C)cccc12. The van der Waals surface area contributed by atoms with Gasteiger partial charge in [-0.15, -0.1) is 0 Å². The van der Waals surface area contributed by atoms with Crippen LogP contribution in [0.3, 0.4) is 0 Å². The van der Waals surface area contributed by atoms with E-state index < -0.39 is 5.63 Å². The van der Waals surface area contributed by atoms with Gasteiger partial charge in [-0.3, -0.25) is 0 Å². The molecule has 2 rings (SSSR count). The first-order valence-electron chi connectivity index (χ1n) is 10.5. The molecule has 156 valence electrons. The summed E-state index contributed by atoms with van der Waals surface area (Å²) >= 11 is 0. The maximum absolute atomic E-state index is 12.4. The third-order valence-electron chi connectivity index (χ3n) is 4.62. The Morgan fingerprint density at radius 3 is 2.29 bits per heavy atom. The van der Waals surface area contributed by atoms with E-state index in [4.69, 9.17) is 18.6 Å². The van der Waals surface area contributed by atoms with E-state index >= 15 is 0 Å². The van der Waals surface area contributed by atoms with Crippen molar-refractivity contribution in [2.24, 2.45) is 0 Å². The molecule has 0 aliphatic rings. The summed E-state index contributed by atoms with van der Waals surface area (Å²) in [4.78, 5) is 12.4. The zero-order chi connectivity index (χ0) is 20.4. The Hall–Kier alpha value is -2.17. The van der Waals surface area contributed by atoms with Crippen molar-refractivity contribution in [1.29, 1.82) is 0 Å². The first-order chi connectivity index (χ1) is 13.6. The predicted molar refractivity (Wildman–Crippen MR) is 113 cm³/mol. The minimum atomic E-state index is -0.555. The molecule has 0 aliphatic heterocycles. The Morgan fingerprint density at radius 1 is 0.964 bits per heavy atom. The number of methoxy groups -OCH3 is 1. The molecule has 0 radical (unpaired) electrons. The van der Waals surface area contributed by atoms with Gasteiger partial charge in [-0.05, 0) is 32.4 Å². The number of fused-ring (bicyclic) bond motifs is 1. The van der Waals surface area contributed by atoms with Crippen molar-refractivity contribution in [2.75, 3.05) is 13.7 Å². The van der Waals surface area contributed by atoms with Crippen molar-refractivity contribution >= 4 is 11.0 Å².